The van der Waals surface area contributed by atoms with Crippen LogP contribution < -0.4 is 4.74 Å². The van der Waals surface area contributed by atoms with Crippen molar-refractivity contribution in [3.8, 4) is 29.0 Å². The molecule has 5 rings (SSSR count). The number of halogens is 6. The lowest BCUT2D eigenvalue weighted by Crippen LogP contribution is -2.49. The van der Waals surface area contributed by atoms with Gasteiger partial charge in [-0.05, 0) is 52.9 Å². The monoisotopic (exact) mass is 531 g/mol. The number of tetrazole rings is 1. The predicted molar refractivity (Wildman–Crippen MR) is 119 cm³/mol. The second kappa shape index (κ2) is 9.14. The molecule has 4 aromatic rings. The van der Waals surface area contributed by atoms with Crippen molar-refractivity contribution in [2.24, 2.45) is 0 Å². The van der Waals surface area contributed by atoms with Gasteiger partial charge in [0.1, 0.15) is 17.3 Å². The molecule has 194 valence electrons. The summed E-state index contributed by atoms with van der Waals surface area (Å²) in [7, 11) is 0. The number of pyridine rings is 1. The van der Waals surface area contributed by atoms with Crippen molar-refractivity contribution in [3.05, 3.63) is 89.0 Å². The Morgan fingerprint density at radius 2 is 1.79 bits per heavy atom. The molecule has 0 saturated carbocycles. The highest BCUT2D eigenvalue weighted by atomic mass is 19.4. The first-order valence-electron chi connectivity index (χ1n) is 10.9. The number of nitrogens with zero attached hydrogens (tertiary/aromatic N) is 5. The molecule has 2 aromatic heterocycles. The Balaban J connectivity index is 1.41. The second-order valence-corrected chi connectivity index (χ2v) is 8.40. The van der Waals surface area contributed by atoms with Gasteiger partial charge in [0.05, 0.1) is 6.54 Å². The van der Waals surface area contributed by atoms with Crippen molar-refractivity contribution in [1.29, 1.82) is 0 Å². The third kappa shape index (κ3) is 4.66. The smallest absolute Gasteiger partial charge is 0.422 e. The van der Waals surface area contributed by atoms with Crippen LogP contribution in [0.25, 0.3) is 11.4 Å². The summed E-state index contributed by atoms with van der Waals surface area (Å²) >= 11 is 0. The summed E-state index contributed by atoms with van der Waals surface area (Å²) in [4.78, 5) is 3.79. The highest BCUT2D eigenvalue weighted by Crippen LogP contribution is 2.50. The number of aliphatic hydroxyl groups is 1. The Bertz CT molecular complexity index is 1560. The highest BCUT2D eigenvalue weighted by molar-refractivity contribution is 5.64. The van der Waals surface area contributed by atoms with Crippen LogP contribution in [0.5, 0.6) is 5.75 Å². The first-order valence-corrected chi connectivity index (χ1v) is 10.9. The largest absolute Gasteiger partial charge is 0.484 e. The van der Waals surface area contributed by atoms with Crippen LogP contribution in [-0.4, -0.2) is 43.1 Å². The van der Waals surface area contributed by atoms with Gasteiger partial charge in [0.15, 0.2) is 18.0 Å². The van der Waals surface area contributed by atoms with Crippen molar-refractivity contribution in [3.63, 3.8) is 0 Å². The van der Waals surface area contributed by atoms with Crippen molar-refractivity contribution in [1.82, 2.24) is 25.2 Å². The zero-order valence-corrected chi connectivity index (χ0v) is 19.0. The van der Waals surface area contributed by atoms with Gasteiger partial charge in [-0.15, -0.1) is 5.10 Å². The fraction of sp³-hybridized carbons (Fsp3) is 0.200. The molecule has 2 aromatic carbocycles. The third-order valence-electron chi connectivity index (χ3n) is 5.77. The maximum Gasteiger partial charge on any atom is 0.422 e. The van der Waals surface area contributed by atoms with Gasteiger partial charge in [-0.1, -0.05) is 24.0 Å². The quantitative estimate of drug-likeness (QED) is 0.314. The van der Waals surface area contributed by atoms with Gasteiger partial charge in [-0.2, -0.15) is 22.0 Å². The molecule has 1 atom stereocenters. The molecule has 0 amide bonds. The normalized spacial score (nSPS) is 16.7. The minimum absolute atomic E-state index is 0.0335. The summed E-state index contributed by atoms with van der Waals surface area (Å²) in [5.41, 5.74) is -3.41. The van der Waals surface area contributed by atoms with Gasteiger partial charge in [0.2, 0.25) is 0 Å². The molecule has 0 aliphatic carbocycles. The van der Waals surface area contributed by atoms with Crippen molar-refractivity contribution < 1.29 is 36.2 Å². The molecule has 0 bridgehead atoms. The molecule has 0 saturated heterocycles. The summed E-state index contributed by atoms with van der Waals surface area (Å²) in [6.07, 6.45) is -3.42. The Kier molecular flexibility index (Phi) is 6.07. The zero-order valence-electron chi connectivity index (χ0n) is 19.0. The minimum atomic E-state index is -4.49. The van der Waals surface area contributed by atoms with E-state index in [-0.39, 0.29) is 28.3 Å². The van der Waals surface area contributed by atoms with Crippen LogP contribution in [0.1, 0.15) is 22.4 Å². The SMILES string of the molecule is OC1(C(F)(F)c2ccc(C#Cc3cccc(OCC(F)(F)F)c3)cn2)Cn2nnnc2-c2cc(F)ccc21. The lowest BCUT2D eigenvalue weighted by molar-refractivity contribution is -0.207. The lowest BCUT2D eigenvalue weighted by atomic mass is 9.80. The average molecular weight is 531 g/mol. The molecule has 1 aliphatic rings. The standard InChI is InChI=1S/C25H15F6N5O2/c26-17-7-8-20-19(11-17)22-33-34-35-36(22)13-23(20,37)25(30,31)21-9-6-16(12-32-21)5-4-15-2-1-3-18(10-15)38-14-24(27,28)29/h1-3,6-12,37H,13-14H2. The number of hydrogen-bond donors (Lipinski definition) is 1. The van der Waals surface area contributed by atoms with Crippen LogP contribution in [0, 0.1) is 17.7 Å². The maximum absolute atomic E-state index is 15.8. The summed E-state index contributed by atoms with van der Waals surface area (Å²) in [6, 6.07) is 10.9. The lowest BCUT2D eigenvalue weighted by Gasteiger charge is -2.39. The van der Waals surface area contributed by atoms with Crippen LogP contribution in [0.4, 0.5) is 26.3 Å². The maximum atomic E-state index is 15.8. The summed E-state index contributed by atoms with van der Waals surface area (Å²) in [5, 5.41) is 22.0. The van der Waals surface area contributed by atoms with E-state index in [0.717, 1.165) is 35.1 Å². The molecule has 3 heterocycles. The molecule has 0 fully saturated rings. The summed E-state index contributed by atoms with van der Waals surface area (Å²) in [5.74, 6) is 0.717. The van der Waals surface area contributed by atoms with Crippen molar-refractivity contribution in [2.75, 3.05) is 6.61 Å². The van der Waals surface area contributed by atoms with E-state index in [9.17, 15) is 22.7 Å². The van der Waals surface area contributed by atoms with E-state index in [2.05, 4.69) is 37.1 Å². The summed E-state index contributed by atoms with van der Waals surface area (Å²) < 4.78 is 88.1. The number of aromatic nitrogens is 5. The zero-order chi connectivity index (χ0) is 27.1. The first kappa shape index (κ1) is 25.2. The van der Waals surface area contributed by atoms with Crippen LogP contribution in [0.3, 0.4) is 0 Å². The van der Waals surface area contributed by atoms with E-state index in [1.165, 1.54) is 30.3 Å². The van der Waals surface area contributed by atoms with E-state index in [0.29, 0.717) is 5.56 Å². The molecule has 38 heavy (non-hydrogen) atoms. The molecule has 1 unspecified atom stereocenters. The van der Waals surface area contributed by atoms with Gasteiger partial charge in [-0.3, -0.25) is 4.98 Å². The molecule has 1 N–H and O–H groups in total. The first-order chi connectivity index (χ1) is 18.0. The van der Waals surface area contributed by atoms with E-state index in [1.807, 2.05) is 0 Å². The number of benzene rings is 2. The van der Waals surface area contributed by atoms with E-state index < -0.39 is 42.4 Å². The molecular weight excluding hydrogens is 516 g/mol. The van der Waals surface area contributed by atoms with Gasteiger partial charge < -0.3 is 9.84 Å². The molecule has 1 aliphatic heterocycles. The Hall–Kier alpha value is -4.44. The molecular formula is C25H15F6N5O2. The van der Waals surface area contributed by atoms with Crippen molar-refractivity contribution >= 4 is 0 Å². The third-order valence-corrected chi connectivity index (χ3v) is 5.77. The van der Waals surface area contributed by atoms with E-state index in [4.69, 9.17) is 0 Å². The average Bonchev–Trinajstić information content (AvgIpc) is 3.35. The Labute approximate surface area is 210 Å². The Morgan fingerprint density at radius 1 is 1.00 bits per heavy atom. The highest BCUT2D eigenvalue weighted by Gasteiger charge is 2.59. The molecule has 0 radical (unpaired) electrons. The van der Waals surface area contributed by atoms with Crippen molar-refractivity contribution in [2.45, 2.75) is 24.2 Å². The second-order valence-electron chi connectivity index (χ2n) is 8.40. The summed E-state index contributed by atoms with van der Waals surface area (Å²) in [6.45, 7) is -2.17. The molecule has 0 spiro atoms. The number of fused-ring (bicyclic) bond motifs is 3. The van der Waals surface area contributed by atoms with Crippen LogP contribution in [-0.2, 0) is 18.1 Å². The molecule has 13 heteroatoms. The number of hydrogen-bond acceptors (Lipinski definition) is 6. The topological polar surface area (TPSA) is 86.0 Å². The van der Waals surface area contributed by atoms with Gasteiger partial charge in [-0.25, -0.2) is 9.07 Å². The van der Waals surface area contributed by atoms with Crippen LogP contribution in [0.15, 0.2) is 60.8 Å². The fourth-order valence-corrected chi connectivity index (χ4v) is 3.98. The van der Waals surface area contributed by atoms with Crippen LogP contribution in [0.2, 0.25) is 0 Å². The van der Waals surface area contributed by atoms with Crippen LogP contribution >= 0.6 is 0 Å². The van der Waals surface area contributed by atoms with E-state index in [1.54, 1.807) is 0 Å². The fourth-order valence-electron chi connectivity index (χ4n) is 3.98. The van der Waals surface area contributed by atoms with E-state index >= 15 is 8.78 Å². The number of alkyl halides is 5. The minimum Gasteiger partial charge on any atom is -0.484 e. The van der Waals surface area contributed by atoms with Gasteiger partial charge in [0, 0.05) is 28.5 Å². The van der Waals surface area contributed by atoms with Gasteiger partial charge in [0.25, 0.3) is 0 Å². The molecule has 7 nitrogen and oxygen atoms in total. The predicted octanol–water partition coefficient (Wildman–Crippen LogP) is 4.21. The number of rotatable bonds is 4. The number of ether oxygens (including phenoxy) is 1. The van der Waals surface area contributed by atoms with Gasteiger partial charge >= 0.3 is 12.1 Å². The Morgan fingerprint density at radius 3 is 2.53 bits per heavy atom.